The van der Waals surface area contributed by atoms with Gasteiger partial charge in [-0.1, -0.05) is 24.3 Å². The lowest BCUT2D eigenvalue weighted by molar-refractivity contribution is -0.384. The van der Waals surface area contributed by atoms with Crippen molar-refractivity contribution in [2.24, 2.45) is 0 Å². The third-order valence-corrected chi connectivity index (χ3v) is 6.47. The normalized spacial score (nSPS) is 15.5. The Hall–Kier alpha value is -4.85. The molecule has 0 saturated carbocycles. The second-order valence-electron chi connectivity index (χ2n) is 8.03. The van der Waals surface area contributed by atoms with Gasteiger partial charge in [-0.2, -0.15) is 0 Å². The summed E-state index contributed by atoms with van der Waals surface area (Å²) in [5.41, 5.74) is 0.584. The van der Waals surface area contributed by atoms with Gasteiger partial charge in [0.05, 0.1) is 19.1 Å². The number of thiazole rings is 1. The Balaban J connectivity index is 1.65. The van der Waals surface area contributed by atoms with E-state index >= 15 is 0 Å². The quantitative estimate of drug-likeness (QED) is 0.180. The van der Waals surface area contributed by atoms with Crippen LogP contribution in [0.2, 0.25) is 0 Å². The molecule has 0 spiro atoms. The van der Waals surface area contributed by atoms with Crippen molar-refractivity contribution in [3.8, 4) is 5.75 Å². The summed E-state index contributed by atoms with van der Waals surface area (Å²) >= 11 is 0.948. The van der Waals surface area contributed by atoms with Crippen LogP contribution in [-0.2, 0) is 20.7 Å². The number of anilines is 1. The van der Waals surface area contributed by atoms with Crippen molar-refractivity contribution in [1.29, 1.82) is 0 Å². The van der Waals surface area contributed by atoms with E-state index < -0.39 is 40.8 Å². The Morgan fingerprint density at radius 2 is 1.95 bits per heavy atom. The first-order chi connectivity index (χ1) is 18.2. The Morgan fingerprint density at radius 3 is 2.61 bits per heavy atom. The Bertz CT molecular complexity index is 1410. The number of hydrogen-bond donors (Lipinski definition) is 2. The predicted molar refractivity (Wildman–Crippen MR) is 134 cm³/mol. The minimum absolute atomic E-state index is 0.0300. The molecule has 1 aromatic heterocycles. The number of carbonyl (C=O) groups excluding carboxylic acids is 4. The van der Waals surface area contributed by atoms with Gasteiger partial charge in [-0.05, 0) is 23.3 Å². The number of ether oxygens (including phenoxy) is 2. The molecule has 14 heteroatoms. The van der Waals surface area contributed by atoms with Crippen LogP contribution in [0.4, 0.5) is 15.6 Å². The number of nitrogens with zero attached hydrogens (tertiary/aromatic N) is 3. The highest BCUT2D eigenvalue weighted by molar-refractivity contribution is 7.14. The minimum atomic E-state index is -1.39. The van der Waals surface area contributed by atoms with Crippen molar-refractivity contribution in [3.63, 3.8) is 0 Å². The summed E-state index contributed by atoms with van der Waals surface area (Å²) in [6.07, 6.45) is -0.211. The maximum absolute atomic E-state index is 13.4. The van der Waals surface area contributed by atoms with Crippen molar-refractivity contribution in [2.45, 2.75) is 18.5 Å². The Morgan fingerprint density at radius 1 is 1.21 bits per heavy atom. The molecule has 2 heterocycles. The summed E-state index contributed by atoms with van der Waals surface area (Å²) in [6, 6.07) is 8.78. The first kappa shape index (κ1) is 26.2. The van der Waals surface area contributed by atoms with E-state index in [1.807, 2.05) is 0 Å². The molecule has 1 unspecified atom stereocenters. The number of nitrogens with one attached hydrogen (secondary N) is 2. The molecule has 4 rings (SSSR count). The van der Waals surface area contributed by atoms with Crippen molar-refractivity contribution in [3.05, 3.63) is 80.8 Å². The van der Waals surface area contributed by atoms with E-state index in [0.717, 1.165) is 16.2 Å². The van der Waals surface area contributed by atoms with Gasteiger partial charge < -0.3 is 20.1 Å². The number of aromatic nitrogens is 1. The summed E-state index contributed by atoms with van der Waals surface area (Å²) < 4.78 is 9.74. The van der Waals surface area contributed by atoms with Gasteiger partial charge >= 0.3 is 12.0 Å². The van der Waals surface area contributed by atoms with E-state index in [4.69, 9.17) is 4.74 Å². The molecule has 1 fully saturated rings. The molecule has 0 bridgehead atoms. The zero-order valence-electron chi connectivity index (χ0n) is 20.1. The number of non-ortho nitro benzene ring substituents is 1. The first-order valence-electron chi connectivity index (χ1n) is 11.1. The number of amides is 4. The molecular weight excluding hydrogens is 518 g/mol. The van der Waals surface area contributed by atoms with E-state index in [-0.39, 0.29) is 22.9 Å². The lowest BCUT2D eigenvalue weighted by Gasteiger charge is -2.24. The maximum Gasteiger partial charge on any atom is 0.357 e. The number of hydrogen-bond acceptors (Lipinski definition) is 10. The van der Waals surface area contributed by atoms with Crippen LogP contribution in [0.5, 0.6) is 5.75 Å². The van der Waals surface area contributed by atoms with Gasteiger partial charge in [-0.3, -0.25) is 19.7 Å². The smallest absolute Gasteiger partial charge is 0.357 e. The number of rotatable bonds is 9. The lowest BCUT2D eigenvalue weighted by Crippen LogP contribution is -2.49. The molecule has 4 amide bonds. The number of esters is 1. The predicted octanol–water partition coefficient (Wildman–Crippen LogP) is 2.69. The van der Waals surface area contributed by atoms with Crippen molar-refractivity contribution in [1.82, 2.24) is 15.2 Å². The van der Waals surface area contributed by atoms with E-state index in [9.17, 15) is 29.3 Å². The molecule has 13 nitrogen and oxygen atoms in total. The number of nitro groups is 1. The number of methoxy groups -OCH3 is 2. The van der Waals surface area contributed by atoms with Crippen molar-refractivity contribution >= 4 is 46.0 Å². The number of urea groups is 1. The zero-order valence-corrected chi connectivity index (χ0v) is 20.9. The number of benzene rings is 2. The minimum Gasteiger partial charge on any atom is -0.497 e. The monoisotopic (exact) mass is 539 g/mol. The molecule has 1 aliphatic rings. The average molecular weight is 540 g/mol. The van der Waals surface area contributed by atoms with Crippen molar-refractivity contribution in [2.75, 3.05) is 19.5 Å². The number of nitro benzene ring substituents is 1. The fraction of sp³-hybridized carbons (Fsp3) is 0.208. The van der Waals surface area contributed by atoms with Gasteiger partial charge in [0.25, 0.3) is 11.6 Å². The summed E-state index contributed by atoms with van der Waals surface area (Å²) in [5.74, 6) is -1.60. The molecular formula is C24H21N5O8S. The van der Waals surface area contributed by atoms with Gasteiger partial charge in [0.2, 0.25) is 5.91 Å². The third-order valence-electron chi connectivity index (χ3n) is 5.71. The molecule has 196 valence electrons. The van der Waals surface area contributed by atoms with Crippen LogP contribution >= 0.6 is 11.3 Å². The van der Waals surface area contributed by atoms with Crippen LogP contribution in [-0.4, -0.2) is 58.9 Å². The van der Waals surface area contributed by atoms with E-state index in [0.29, 0.717) is 16.9 Å². The second-order valence-corrected chi connectivity index (χ2v) is 8.89. The van der Waals surface area contributed by atoms with Crippen LogP contribution in [0.1, 0.15) is 27.7 Å². The maximum atomic E-state index is 13.4. The molecule has 0 aliphatic carbocycles. The zero-order chi connectivity index (χ0) is 27.4. The lowest BCUT2D eigenvalue weighted by atomic mass is 10.0. The Labute approximate surface area is 219 Å². The second kappa shape index (κ2) is 11.0. The standard InChI is InChI=1S/C24H21N5O8S/c1-36-16-8-6-14(7-9-16)19-21(31)28(24(33)26-19)18(11-13-4-3-5-15(10-13)29(34)35)20(30)27-23-25-17(12-38-23)22(32)37-2/h3-10,12,18-19H,11H2,1-2H3,(H,26,33)(H,25,27,30)/t18?,19-/m1/s1. The number of imide groups is 1. The van der Waals surface area contributed by atoms with Crippen LogP contribution in [0.15, 0.2) is 53.9 Å². The fourth-order valence-electron chi connectivity index (χ4n) is 3.85. The van der Waals surface area contributed by atoms with Crippen molar-refractivity contribution < 1.29 is 33.6 Å². The van der Waals surface area contributed by atoms with Gasteiger partial charge in [0, 0.05) is 23.9 Å². The van der Waals surface area contributed by atoms with Crippen LogP contribution in [0.3, 0.4) is 0 Å². The van der Waals surface area contributed by atoms with Gasteiger partial charge in [-0.15, -0.1) is 11.3 Å². The van der Waals surface area contributed by atoms with Gasteiger partial charge in [0.15, 0.2) is 10.8 Å². The number of carbonyl (C=O) groups is 4. The van der Waals surface area contributed by atoms with Crippen LogP contribution < -0.4 is 15.4 Å². The molecule has 2 atom stereocenters. The van der Waals surface area contributed by atoms with Crippen LogP contribution in [0.25, 0.3) is 0 Å². The largest absolute Gasteiger partial charge is 0.497 e. The molecule has 1 saturated heterocycles. The van der Waals surface area contributed by atoms with Gasteiger partial charge in [-0.25, -0.2) is 19.5 Å². The molecule has 2 aromatic carbocycles. The highest BCUT2D eigenvalue weighted by Gasteiger charge is 2.45. The molecule has 0 radical (unpaired) electrons. The molecule has 38 heavy (non-hydrogen) atoms. The highest BCUT2D eigenvalue weighted by Crippen LogP contribution is 2.28. The summed E-state index contributed by atoms with van der Waals surface area (Å²) in [7, 11) is 2.68. The summed E-state index contributed by atoms with van der Waals surface area (Å²) in [4.78, 5) is 67.0. The SMILES string of the molecule is COC(=O)c1csc(NC(=O)C(Cc2cccc([N+](=O)[O-])c2)N2C(=O)N[C@H](c3ccc(OC)cc3)C2=O)n1. The van der Waals surface area contributed by atoms with Gasteiger partial charge in [0.1, 0.15) is 17.8 Å². The molecule has 1 aliphatic heterocycles. The molecule has 3 aromatic rings. The van der Waals surface area contributed by atoms with E-state index in [2.05, 4.69) is 20.4 Å². The fourth-order valence-corrected chi connectivity index (χ4v) is 4.53. The summed E-state index contributed by atoms with van der Waals surface area (Å²) in [5, 5.41) is 17.8. The van der Waals surface area contributed by atoms with E-state index in [1.165, 1.54) is 37.8 Å². The Kier molecular flexibility index (Phi) is 7.62. The highest BCUT2D eigenvalue weighted by atomic mass is 32.1. The van der Waals surface area contributed by atoms with Crippen LogP contribution in [0, 0.1) is 10.1 Å². The topological polar surface area (TPSA) is 170 Å². The van der Waals surface area contributed by atoms with E-state index in [1.54, 1.807) is 30.3 Å². The first-order valence-corrected chi connectivity index (χ1v) is 12.0. The third kappa shape index (κ3) is 5.44. The average Bonchev–Trinajstić information content (AvgIpc) is 3.50. The molecule has 2 N–H and O–H groups in total. The summed E-state index contributed by atoms with van der Waals surface area (Å²) in [6.45, 7) is 0.